The van der Waals surface area contributed by atoms with Crippen LogP contribution in [0.3, 0.4) is 0 Å². The van der Waals surface area contributed by atoms with Gasteiger partial charge in [-0.25, -0.2) is 8.42 Å². The van der Waals surface area contributed by atoms with Gasteiger partial charge in [0.25, 0.3) is 0 Å². The molecule has 1 aromatic rings. The summed E-state index contributed by atoms with van der Waals surface area (Å²) in [6, 6.07) is 9.67. The highest BCUT2D eigenvalue weighted by atomic mass is 32.2. The number of hydrogen-bond acceptors (Lipinski definition) is 3. The van der Waals surface area contributed by atoms with Crippen LogP contribution in [0.5, 0.6) is 0 Å². The van der Waals surface area contributed by atoms with Gasteiger partial charge in [0.2, 0.25) is 10.0 Å². The van der Waals surface area contributed by atoms with Crippen molar-refractivity contribution >= 4 is 10.0 Å². The van der Waals surface area contributed by atoms with Crippen molar-refractivity contribution in [2.45, 2.75) is 20.4 Å². The molecule has 0 aliphatic carbocycles. The highest BCUT2D eigenvalue weighted by Crippen LogP contribution is 2.09. The lowest BCUT2D eigenvalue weighted by Crippen LogP contribution is -2.35. The molecular weight excluding hydrogens is 248 g/mol. The summed E-state index contributed by atoms with van der Waals surface area (Å²) in [5.41, 5.74) is 1.02. The van der Waals surface area contributed by atoms with Gasteiger partial charge in [0.15, 0.2) is 0 Å². The van der Waals surface area contributed by atoms with Crippen LogP contribution in [0, 0.1) is 0 Å². The van der Waals surface area contributed by atoms with E-state index in [-0.39, 0.29) is 5.75 Å². The lowest BCUT2D eigenvalue weighted by Gasteiger charge is -2.20. The SMILES string of the molecule is CCNCCS(=O)(=O)N(CC)Cc1ccccc1. The molecule has 0 amide bonds. The molecule has 0 heterocycles. The van der Waals surface area contributed by atoms with E-state index in [4.69, 9.17) is 0 Å². The predicted octanol–water partition coefficient (Wildman–Crippen LogP) is 1.45. The average molecular weight is 270 g/mol. The van der Waals surface area contributed by atoms with Crippen molar-refractivity contribution in [3.8, 4) is 0 Å². The minimum Gasteiger partial charge on any atom is -0.316 e. The first kappa shape index (κ1) is 15.1. The first-order chi connectivity index (χ1) is 8.60. The second-order valence-electron chi connectivity index (χ2n) is 4.08. The van der Waals surface area contributed by atoms with Crippen LogP contribution in [0.2, 0.25) is 0 Å². The highest BCUT2D eigenvalue weighted by molar-refractivity contribution is 7.89. The number of sulfonamides is 1. The van der Waals surface area contributed by atoms with E-state index in [0.717, 1.165) is 12.1 Å². The van der Waals surface area contributed by atoms with Gasteiger partial charge in [0.05, 0.1) is 5.75 Å². The van der Waals surface area contributed by atoms with Crippen molar-refractivity contribution < 1.29 is 8.42 Å². The van der Waals surface area contributed by atoms with Crippen molar-refractivity contribution in [2.24, 2.45) is 0 Å². The van der Waals surface area contributed by atoms with Crippen LogP contribution < -0.4 is 5.32 Å². The van der Waals surface area contributed by atoms with Gasteiger partial charge in [-0.15, -0.1) is 0 Å². The Bertz CT molecular complexity index is 432. The molecule has 5 heteroatoms. The summed E-state index contributed by atoms with van der Waals surface area (Å²) in [6.45, 7) is 6.08. The van der Waals surface area contributed by atoms with Crippen molar-refractivity contribution in [3.05, 3.63) is 35.9 Å². The van der Waals surface area contributed by atoms with Crippen molar-refractivity contribution in [3.63, 3.8) is 0 Å². The molecule has 4 nitrogen and oxygen atoms in total. The van der Waals surface area contributed by atoms with E-state index >= 15 is 0 Å². The molecule has 0 aromatic heterocycles. The van der Waals surface area contributed by atoms with Crippen molar-refractivity contribution in [1.29, 1.82) is 0 Å². The molecule has 1 aromatic carbocycles. The maximum Gasteiger partial charge on any atom is 0.215 e. The Labute approximate surface area is 110 Å². The second kappa shape index (κ2) is 7.51. The van der Waals surface area contributed by atoms with E-state index in [1.165, 1.54) is 4.31 Å². The van der Waals surface area contributed by atoms with Gasteiger partial charge in [0, 0.05) is 19.6 Å². The summed E-state index contributed by atoms with van der Waals surface area (Å²) in [5.74, 6) is 0.154. The fourth-order valence-corrected chi connectivity index (χ4v) is 3.10. The number of nitrogens with zero attached hydrogens (tertiary/aromatic N) is 1. The molecule has 0 saturated carbocycles. The third-order valence-electron chi connectivity index (χ3n) is 2.73. The topological polar surface area (TPSA) is 49.4 Å². The second-order valence-corrected chi connectivity index (χ2v) is 6.17. The summed E-state index contributed by atoms with van der Waals surface area (Å²) in [4.78, 5) is 0. The number of hydrogen-bond donors (Lipinski definition) is 1. The van der Waals surface area contributed by atoms with E-state index in [1.807, 2.05) is 44.2 Å². The smallest absolute Gasteiger partial charge is 0.215 e. The monoisotopic (exact) mass is 270 g/mol. The lowest BCUT2D eigenvalue weighted by atomic mass is 10.2. The predicted molar refractivity (Wildman–Crippen MR) is 74.9 cm³/mol. The van der Waals surface area contributed by atoms with Gasteiger partial charge in [0.1, 0.15) is 0 Å². The van der Waals surface area contributed by atoms with Crippen LogP contribution in [-0.2, 0) is 16.6 Å². The van der Waals surface area contributed by atoms with Crippen LogP contribution >= 0.6 is 0 Å². The van der Waals surface area contributed by atoms with Crippen molar-refractivity contribution in [2.75, 3.05) is 25.4 Å². The molecule has 0 unspecified atom stereocenters. The summed E-state index contributed by atoms with van der Waals surface area (Å²) in [7, 11) is -3.17. The Morgan fingerprint density at radius 2 is 1.83 bits per heavy atom. The largest absolute Gasteiger partial charge is 0.316 e. The standard InChI is InChI=1S/C13H22N2O2S/c1-3-14-10-11-18(16,17)15(4-2)12-13-8-6-5-7-9-13/h5-9,14H,3-4,10-12H2,1-2H3. The Morgan fingerprint density at radius 3 is 2.39 bits per heavy atom. The Balaban J connectivity index is 2.65. The van der Waals surface area contributed by atoms with Gasteiger partial charge < -0.3 is 5.32 Å². The van der Waals surface area contributed by atoms with Crippen molar-refractivity contribution in [1.82, 2.24) is 9.62 Å². The van der Waals surface area contributed by atoms with Crippen LogP contribution in [0.15, 0.2) is 30.3 Å². The molecule has 0 radical (unpaired) electrons. The maximum atomic E-state index is 12.1. The summed E-state index contributed by atoms with van der Waals surface area (Å²) >= 11 is 0. The van der Waals surface area contributed by atoms with Gasteiger partial charge in [-0.2, -0.15) is 4.31 Å². The maximum absolute atomic E-state index is 12.1. The third kappa shape index (κ3) is 4.76. The number of nitrogens with one attached hydrogen (secondary N) is 1. The molecule has 0 atom stereocenters. The van der Waals surface area contributed by atoms with E-state index in [0.29, 0.717) is 19.6 Å². The third-order valence-corrected chi connectivity index (χ3v) is 4.63. The summed E-state index contributed by atoms with van der Waals surface area (Å²) in [6.07, 6.45) is 0. The lowest BCUT2D eigenvalue weighted by molar-refractivity contribution is 0.422. The molecule has 0 fully saturated rings. The highest BCUT2D eigenvalue weighted by Gasteiger charge is 2.19. The zero-order valence-corrected chi connectivity index (χ0v) is 11.9. The first-order valence-electron chi connectivity index (χ1n) is 6.32. The molecule has 0 aliphatic heterocycles. The van der Waals surface area contributed by atoms with Crippen LogP contribution in [0.1, 0.15) is 19.4 Å². The van der Waals surface area contributed by atoms with Crippen LogP contribution in [-0.4, -0.2) is 38.1 Å². The fourth-order valence-electron chi connectivity index (χ4n) is 1.70. The molecule has 0 bridgehead atoms. The fraction of sp³-hybridized carbons (Fsp3) is 0.538. The molecule has 1 N–H and O–H groups in total. The zero-order valence-electron chi connectivity index (χ0n) is 11.1. The molecule has 18 heavy (non-hydrogen) atoms. The molecular formula is C13H22N2O2S. The molecule has 0 aliphatic rings. The van der Waals surface area contributed by atoms with E-state index in [1.54, 1.807) is 0 Å². The minimum atomic E-state index is -3.17. The Hall–Kier alpha value is -0.910. The van der Waals surface area contributed by atoms with E-state index in [2.05, 4.69) is 5.32 Å². The number of rotatable bonds is 8. The van der Waals surface area contributed by atoms with E-state index < -0.39 is 10.0 Å². The van der Waals surface area contributed by atoms with Gasteiger partial charge in [-0.05, 0) is 12.1 Å². The quantitative estimate of drug-likeness (QED) is 0.727. The number of benzene rings is 1. The minimum absolute atomic E-state index is 0.154. The first-order valence-corrected chi connectivity index (χ1v) is 7.93. The molecule has 0 spiro atoms. The summed E-state index contributed by atoms with van der Waals surface area (Å²) in [5, 5.41) is 3.04. The Kier molecular flexibility index (Phi) is 6.32. The van der Waals surface area contributed by atoms with Crippen LogP contribution in [0.25, 0.3) is 0 Å². The van der Waals surface area contributed by atoms with E-state index in [9.17, 15) is 8.42 Å². The van der Waals surface area contributed by atoms with Gasteiger partial charge in [-0.3, -0.25) is 0 Å². The average Bonchev–Trinajstić information content (AvgIpc) is 2.37. The van der Waals surface area contributed by atoms with Gasteiger partial charge >= 0.3 is 0 Å². The summed E-state index contributed by atoms with van der Waals surface area (Å²) < 4.78 is 25.8. The molecule has 1 rings (SSSR count). The zero-order chi connectivity index (χ0) is 13.4. The van der Waals surface area contributed by atoms with Gasteiger partial charge in [-0.1, -0.05) is 44.2 Å². The molecule has 0 saturated heterocycles. The normalized spacial score (nSPS) is 11.9. The molecule has 102 valence electrons. The Morgan fingerprint density at radius 1 is 1.17 bits per heavy atom. The van der Waals surface area contributed by atoms with Crippen LogP contribution in [0.4, 0.5) is 0 Å².